The van der Waals surface area contributed by atoms with E-state index in [1.807, 2.05) is 13.8 Å². The van der Waals surface area contributed by atoms with Crippen molar-refractivity contribution in [3.05, 3.63) is 0 Å². The number of carbonyl (C=O) groups is 1. The summed E-state index contributed by atoms with van der Waals surface area (Å²) in [4.78, 5) is 11.9. The van der Waals surface area contributed by atoms with Crippen molar-refractivity contribution in [3.8, 4) is 0 Å². The van der Waals surface area contributed by atoms with Gasteiger partial charge in [-0.05, 0) is 50.9 Å². The van der Waals surface area contributed by atoms with Crippen LogP contribution in [0.1, 0.15) is 46.0 Å². The van der Waals surface area contributed by atoms with Gasteiger partial charge in [0.2, 0.25) is 0 Å². The van der Waals surface area contributed by atoms with Crippen LogP contribution in [-0.2, 0) is 19.0 Å². The highest BCUT2D eigenvalue weighted by molar-refractivity contribution is 5.69. The Morgan fingerprint density at radius 3 is 2.74 bits per heavy atom. The Labute approximate surface area is 114 Å². The summed E-state index contributed by atoms with van der Waals surface area (Å²) in [6.45, 7) is 4.59. The Kier molecular flexibility index (Phi) is 3.56. The van der Waals surface area contributed by atoms with Crippen LogP contribution in [0, 0.1) is 17.8 Å². The fraction of sp³-hybridized carbons (Fsp3) is 0.933. The summed E-state index contributed by atoms with van der Waals surface area (Å²) in [6.07, 6.45) is 5.74. The van der Waals surface area contributed by atoms with Crippen LogP contribution >= 0.6 is 0 Å². The summed E-state index contributed by atoms with van der Waals surface area (Å²) in [5.41, 5.74) is 0. The Bertz CT molecular complexity index is 352. The molecule has 0 radical (unpaired) electrons. The minimum Gasteiger partial charge on any atom is -0.463 e. The normalized spacial score (nSPS) is 39.7. The number of rotatable bonds is 4. The van der Waals surface area contributed by atoms with Gasteiger partial charge < -0.3 is 14.2 Å². The number of carbonyl (C=O) groups excluding carboxylic acids is 1. The van der Waals surface area contributed by atoms with E-state index < -0.39 is 5.79 Å². The van der Waals surface area contributed by atoms with Crippen LogP contribution in [-0.4, -0.2) is 31.1 Å². The van der Waals surface area contributed by atoms with E-state index in [4.69, 9.17) is 14.2 Å². The SMILES string of the molecule is CC1(C)OC[C@H](COC(=O)C[C@H]2C[C@H]3CC[C@H]2C3)O1. The fourth-order valence-electron chi connectivity index (χ4n) is 3.93. The van der Waals surface area contributed by atoms with Crippen LogP contribution in [0.5, 0.6) is 0 Å². The van der Waals surface area contributed by atoms with Gasteiger partial charge in [0.05, 0.1) is 6.61 Å². The van der Waals surface area contributed by atoms with Crippen LogP contribution in [0.4, 0.5) is 0 Å². The number of hydrogen-bond donors (Lipinski definition) is 0. The second kappa shape index (κ2) is 5.06. The zero-order chi connectivity index (χ0) is 13.5. The van der Waals surface area contributed by atoms with Gasteiger partial charge in [0.15, 0.2) is 5.79 Å². The average Bonchev–Trinajstić information content (AvgIpc) is 3.01. The summed E-state index contributed by atoms with van der Waals surface area (Å²) in [7, 11) is 0. The molecular weight excluding hydrogens is 244 g/mol. The molecule has 19 heavy (non-hydrogen) atoms. The van der Waals surface area contributed by atoms with Crippen LogP contribution in [0.15, 0.2) is 0 Å². The van der Waals surface area contributed by atoms with Gasteiger partial charge in [-0.15, -0.1) is 0 Å². The molecular formula is C15H24O4. The number of hydrogen-bond acceptors (Lipinski definition) is 4. The molecule has 3 fully saturated rings. The highest BCUT2D eigenvalue weighted by Crippen LogP contribution is 2.49. The first kappa shape index (κ1) is 13.4. The first-order valence-electron chi connectivity index (χ1n) is 7.49. The summed E-state index contributed by atoms with van der Waals surface area (Å²) in [5.74, 6) is 1.63. The second-order valence-corrected chi connectivity index (χ2v) is 6.77. The Balaban J connectivity index is 1.38. The van der Waals surface area contributed by atoms with Crippen molar-refractivity contribution in [2.24, 2.45) is 17.8 Å². The van der Waals surface area contributed by atoms with Crippen molar-refractivity contribution in [1.29, 1.82) is 0 Å². The standard InChI is InChI=1S/C15H24O4/c1-15(2)18-9-13(19-15)8-17-14(16)7-12-6-10-3-4-11(12)5-10/h10-13H,3-9H2,1-2H3/t10-,11-,12+,13-/m0/s1. The summed E-state index contributed by atoms with van der Waals surface area (Å²) >= 11 is 0. The van der Waals surface area contributed by atoms with Crippen molar-refractivity contribution in [2.75, 3.05) is 13.2 Å². The molecule has 0 aromatic rings. The van der Waals surface area contributed by atoms with Crippen LogP contribution in [0.2, 0.25) is 0 Å². The lowest BCUT2D eigenvalue weighted by Crippen LogP contribution is -2.26. The third kappa shape index (κ3) is 3.11. The van der Waals surface area contributed by atoms with Crippen molar-refractivity contribution in [2.45, 2.75) is 57.8 Å². The van der Waals surface area contributed by atoms with E-state index in [1.165, 1.54) is 25.7 Å². The Morgan fingerprint density at radius 2 is 2.16 bits per heavy atom. The molecule has 2 aliphatic carbocycles. The van der Waals surface area contributed by atoms with E-state index in [1.54, 1.807) is 0 Å². The highest BCUT2D eigenvalue weighted by Gasteiger charge is 2.40. The summed E-state index contributed by atoms with van der Waals surface area (Å²) in [5, 5.41) is 0. The summed E-state index contributed by atoms with van der Waals surface area (Å²) in [6, 6.07) is 0. The molecule has 4 nitrogen and oxygen atoms in total. The van der Waals surface area contributed by atoms with Gasteiger partial charge in [-0.2, -0.15) is 0 Å². The van der Waals surface area contributed by atoms with Crippen LogP contribution in [0.25, 0.3) is 0 Å². The average molecular weight is 268 g/mol. The maximum atomic E-state index is 11.9. The molecule has 3 aliphatic rings. The Hall–Kier alpha value is -0.610. The maximum Gasteiger partial charge on any atom is 0.306 e. The van der Waals surface area contributed by atoms with Gasteiger partial charge in [0.1, 0.15) is 12.7 Å². The largest absolute Gasteiger partial charge is 0.463 e. The van der Waals surface area contributed by atoms with Gasteiger partial charge in [-0.25, -0.2) is 0 Å². The number of esters is 1. The third-order valence-electron chi connectivity index (χ3n) is 4.81. The maximum absolute atomic E-state index is 11.9. The molecule has 1 heterocycles. The van der Waals surface area contributed by atoms with Gasteiger partial charge in [-0.3, -0.25) is 4.79 Å². The zero-order valence-corrected chi connectivity index (χ0v) is 11.9. The quantitative estimate of drug-likeness (QED) is 0.735. The molecule has 3 rings (SSSR count). The van der Waals surface area contributed by atoms with Gasteiger partial charge >= 0.3 is 5.97 Å². The van der Waals surface area contributed by atoms with Crippen LogP contribution < -0.4 is 0 Å². The molecule has 0 aromatic heterocycles. The molecule has 4 atom stereocenters. The lowest BCUT2D eigenvalue weighted by Gasteiger charge is -2.21. The zero-order valence-electron chi connectivity index (χ0n) is 11.9. The smallest absolute Gasteiger partial charge is 0.306 e. The van der Waals surface area contributed by atoms with E-state index >= 15 is 0 Å². The molecule has 0 aromatic carbocycles. The summed E-state index contributed by atoms with van der Waals surface area (Å²) < 4.78 is 16.4. The molecule has 1 saturated heterocycles. The first-order chi connectivity index (χ1) is 9.02. The van der Waals surface area contributed by atoms with Crippen molar-refractivity contribution in [1.82, 2.24) is 0 Å². The lowest BCUT2D eigenvalue weighted by molar-refractivity contribution is -0.159. The molecule has 2 saturated carbocycles. The van der Waals surface area contributed by atoms with Crippen molar-refractivity contribution >= 4 is 5.97 Å². The predicted molar refractivity (Wildman–Crippen MR) is 69.4 cm³/mol. The van der Waals surface area contributed by atoms with Crippen LogP contribution in [0.3, 0.4) is 0 Å². The molecule has 2 bridgehead atoms. The number of ether oxygens (including phenoxy) is 3. The molecule has 0 spiro atoms. The Morgan fingerprint density at radius 1 is 1.32 bits per heavy atom. The van der Waals surface area contributed by atoms with Gasteiger partial charge in [0, 0.05) is 6.42 Å². The second-order valence-electron chi connectivity index (χ2n) is 6.77. The first-order valence-corrected chi connectivity index (χ1v) is 7.49. The molecule has 0 N–H and O–H groups in total. The minimum atomic E-state index is -0.540. The lowest BCUT2D eigenvalue weighted by atomic mass is 9.86. The highest BCUT2D eigenvalue weighted by atomic mass is 16.7. The van der Waals surface area contributed by atoms with E-state index in [-0.39, 0.29) is 12.1 Å². The monoisotopic (exact) mass is 268 g/mol. The third-order valence-corrected chi connectivity index (χ3v) is 4.81. The molecule has 108 valence electrons. The van der Waals surface area contributed by atoms with E-state index in [0.29, 0.717) is 25.6 Å². The van der Waals surface area contributed by atoms with E-state index in [0.717, 1.165) is 11.8 Å². The predicted octanol–water partition coefficient (Wildman–Crippen LogP) is 2.51. The van der Waals surface area contributed by atoms with E-state index in [2.05, 4.69) is 0 Å². The molecule has 1 aliphatic heterocycles. The number of fused-ring (bicyclic) bond motifs is 2. The van der Waals surface area contributed by atoms with Crippen molar-refractivity contribution < 1.29 is 19.0 Å². The van der Waals surface area contributed by atoms with Gasteiger partial charge in [-0.1, -0.05) is 6.42 Å². The molecule has 4 heteroatoms. The fourth-order valence-corrected chi connectivity index (χ4v) is 3.93. The van der Waals surface area contributed by atoms with E-state index in [9.17, 15) is 4.79 Å². The van der Waals surface area contributed by atoms with Gasteiger partial charge in [0.25, 0.3) is 0 Å². The minimum absolute atomic E-state index is 0.0640. The topological polar surface area (TPSA) is 44.8 Å². The molecule has 0 unspecified atom stereocenters. The molecule has 0 amide bonds. The van der Waals surface area contributed by atoms with Crippen molar-refractivity contribution in [3.63, 3.8) is 0 Å².